The lowest BCUT2D eigenvalue weighted by atomic mass is 10.1. The predicted molar refractivity (Wildman–Crippen MR) is 65.9 cm³/mol. The van der Waals surface area contributed by atoms with Crippen molar-refractivity contribution in [3.8, 4) is 0 Å². The number of hydrogen-bond acceptors (Lipinski definition) is 0. The van der Waals surface area contributed by atoms with Gasteiger partial charge < -0.3 is 4.57 Å². The van der Waals surface area contributed by atoms with E-state index in [0.29, 0.717) is 5.69 Å². The third kappa shape index (κ3) is 3.95. The molecule has 0 amide bonds. The van der Waals surface area contributed by atoms with Crippen LogP contribution in [0.5, 0.6) is 0 Å². The summed E-state index contributed by atoms with van der Waals surface area (Å²) in [6, 6.07) is 3.34. The van der Waals surface area contributed by atoms with E-state index in [-0.39, 0.29) is 5.92 Å². The van der Waals surface area contributed by atoms with Gasteiger partial charge in [-0.1, -0.05) is 33.8 Å². The van der Waals surface area contributed by atoms with Crippen molar-refractivity contribution in [2.24, 2.45) is 0 Å². The molecule has 1 aromatic heterocycles. The van der Waals surface area contributed by atoms with E-state index in [1.165, 1.54) is 17.7 Å². The van der Waals surface area contributed by atoms with E-state index < -0.39 is 11.9 Å². The summed E-state index contributed by atoms with van der Waals surface area (Å²) in [7, 11) is 0. The van der Waals surface area contributed by atoms with Crippen molar-refractivity contribution in [3.63, 3.8) is 0 Å². The summed E-state index contributed by atoms with van der Waals surface area (Å²) in [4.78, 5) is 0. The molecule has 0 aliphatic carbocycles. The predicted octanol–water partition coefficient (Wildman–Crippen LogP) is 5.06. The molecule has 0 unspecified atom stereocenters. The van der Waals surface area contributed by atoms with Crippen LogP contribution in [0.25, 0.3) is 5.70 Å². The maximum atomic E-state index is 12.6. The van der Waals surface area contributed by atoms with Gasteiger partial charge in [-0.05, 0) is 25.0 Å². The number of allylic oxidation sites excluding steroid dienone is 2. The second-order valence-electron chi connectivity index (χ2n) is 3.63. The highest BCUT2D eigenvalue weighted by atomic mass is 19.4. The minimum atomic E-state index is -4.31. The van der Waals surface area contributed by atoms with Crippen molar-refractivity contribution >= 4 is 5.70 Å². The number of halogens is 3. The number of nitrogens with zero attached hydrogens (tertiary/aromatic N) is 1. The van der Waals surface area contributed by atoms with Crippen LogP contribution in [0.3, 0.4) is 0 Å². The Morgan fingerprint density at radius 1 is 1.29 bits per heavy atom. The molecule has 0 atom stereocenters. The van der Waals surface area contributed by atoms with Crippen LogP contribution in [-0.2, 0) is 0 Å². The molecule has 0 aromatic carbocycles. The summed E-state index contributed by atoms with van der Waals surface area (Å²) in [5.41, 5.74) is 0.0385. The summed E-state index contributed by atoms with van der Waals surface area (Å²) < 4.78 is 39.1. The zero-order chi connectivity index (χ0) is 13.6. The molecule has 0 aliphatic heterocycles. The monoisotopic (exact) mass is 247 g/mol. The Bertz CT molecular complexity index is 359. The molecule has 1 heterocycles. The largest absolute Gasteiger partial charge is 0.431 e. The molecule has 98 valence electrons. The second kappa shape index (κ2) is 6.52. The molecule has 0 saturated carbocycles. The van der Waals surface area contributed by atoms with Gasteiger partial charge in [0.15, 0.2) is 0 Å². The number of rotatable bonds is 2. The Kier molecular flexibility index (Phi) is 6.07. The summed E-state index contributed by atoms with van der Waals surface area (Å²) in [6.45, 7) is 9.14. The van der Waals surface area contributed by atoms with Gasteiger partial charge in [-0.25, -0.2) is 0 Å². The van der Waals surface area contributed by atoms with Crippen LogP contribution in [-0.4, -0.2) is 10.7 Å². The van der Waals surface area contributed by atoms with E-state index in [1.54, 1.807) is 12.1 Å². The Morgan fingerprint density at radius 3 is 2.18 bits per heavy atom. The lowest BCUT2D eigenvalue weighted by Gasteiger charge is -2.17. The summed E-state index contributed by atoms with van der Waals surface area (Å²) in [5, 5.41) is 0. The van der Waals surface area contributed by atoms with E-state index in [4.69, 9.17) is 0 Å². The average molecular weight is 247 g/mol. The summed E-state index contributed by atoms with van der Waals surface area (Å²) in [6.07, 6.45) is -1.78. The van der Waals surface area contributed by atoms with Crippen LogP contribution in [0, 0.1) is 0 Å². The topological polar surface area (TPSA) is 4.93 Å². The van der Waals surface area contributed by atoms with Gasteiger partial charge in [0, 0.05) is 11.9 Å². The Hall–Kier alpha value is -1.19. The first kappa shape index (κ1) is 15.8. The minimum absolute atomic E-state index is 0.0669. The Balaban J connectivity index is 0.00000121. The van der Waals surface area contributed by atoms with E-state index in [2.05, 4.69) is 0 Å². The highest BCUT2D eigenvalue weighted by Crippen LogP contribution is 2.32. The van der Waals surface area contributed by atoms with Crippen molar-refractivity contribution in [2.45, 2.75) is 46.7 Å². The molecule has 1 aromatic rings. The van der Waals surface area contributed by atoms with Crippen LogP contribution in [0.2, 0.25) is 0 Å². The first-order valence-corrected chi connectivity index (χ1v) is 5.79. The van der Waals surface area contributed by atoms with E-state index >= 15 is 0 Å². The van der Waals surface area contributed by atoms with Crippen LogP contribution >= 0.6 is 0 Å². The molecule has 0 spiro atoms. The molecule has 0 radical (unpaired) electrons. The fraction of sp³-hybridized carbons (Fsp3) is 0.538. The normalized spacial score (nSPS) is 12.4. The fourth-order valence-electron chi connectivity index (χ4n) is 1.52. The molecule has 4 heteroatoms. The lowest BCUT2D eigenvalue weighted by molar-refractivity contribution is -0.0738. The maximum absolute atomic E-state index is 12.6. The maximum Gasteiger partial charge on any atom is 0.431 e. The second-order valence-corrected chi connectivity index (χ2v) is 3.63. The number of alkyl halides is 3. The Morgan fingerprint density at radius 2 is 1.82 bits per heavy atom. The highest BCUT2D eigenvalue weighted by Gasteiger charge is 2.35. The average Bonchev–Trinajstić information content (AvgIpc) is 2.68. The Labute approximate surface area is 101 Å². The van der Waals surface area contributed by atoms with Gasteiger partial charge in [0.25, 0.3) is 0 Å². The quantitative estimate of drug-likeness (QED) is 0.688. The smallest absolute Gasteiger partial charge is 0.317 e. The fourth-order valence-corrected chi connectivity index (χ4v) is 1.52. The number of hydrogen-bond donors (Lipinski definition) is 0. The van der Waals surface area contributed by atoms with Gasteiger partial charge in [0.2, 0.25) is 0 Å². The van der Waals surface area contributed by atoms with Crippen molar-refractivity contribution in [1.29, 1.82) is 0 Å². The summed E-state index contributed by atoms with van der Waals surface area (Å²) >= 11 is 0. The molecule has 0 N–H and O–H groups in total. The zero-order valence-electron chi connectivity index (χ0n) is 11.0. The molecule has 1 rings (SSSR count). The van der Waals surface area contributed by atoms with Gasteiger partial charge in [-0.2, -0.15) is 13.2 Å². The van der Waals surface area contributed by atoms with Crippen LogP contribution in [0.15, 0.2) is 24.4 Å². The van der Waals surface area contributed by atoms with E-state index in [1.807, 2.05) is 27.7 Å². The minimum Gasteiger partial charge on any atom is -0.317 e. The number of aromatic nitrogens is 1. The molecule has 0 aliphatic rings. The van der Waals surface area contributed by atoms with Crippen molar-refractivity contribution in [2.75, 3.05) is 0 Å². The van der Waals surface area contributed by atoms with Gasteiger partial charge in [0.1, 0.15) is 5.70 Å². The first-order valence-electron chi connectivity index (χ1n) is 5.79. The third-order valence-corrected chi connectivity index (χ3v) is 2.20. The molecule has 1 nitrogen and oxygen atoms in total. The van der Waals surface area contributed by atoms with Crippen LogP contribution in [0.1, 0.15) is 46.2 Å². The van der Waals surface area contributed by atoms with Crippen molar-refractivity contribution in [3.05, 3.63) is 30.1 Å². The first-order chi connectivity index (χ1) is 7.88. The van der Waals surface area contributed by atoms with Gasteiger partial charge in [-0.3, -0.25) is 0 Å². The van der Waals surface area contributed by atoms with E-state index in [0.717, 1.165) is 6.08 Å². The lowest BCUT2D eigenvalue weighted by Crippen LogP contribution is -2.17. The third-order valence-electron chi connectivity index (χ3n) is 2.20. The van der Waals surface area contributed by atoms with Gasteiger partial charge in [0.05, 0.1) is 0 Å². The molecule has 0 bridgehead atoms. The molecular weight excluding hydrogens is 227 g/mol. The van der Waals surface area contributed by atoms with Crippen LogP contribution < -0.4 is 0 Å². The van der Waals surface area contributed by atoms with Crippen molar-refractivity contribution < 1.29 is 13.2 Å². The van der Waals surface area contributed by atoms with E-state index in [9.17, 15) is 13.2 Å². The molecular formula is C13H20F3N. The van der Waals surface area contributed by atoms with Gasteiger partial charge >= 0.3 is 6.18 Å². The summed E-state index contributed by atoms with van der Waals surface area (Å²) in [5.74, 6) is 0.0669. The highest BCUT2D eigenvalue weighted by molar-refractivity contribution is 5.52. The molecule has 0 saturated heterocycles. The van der Waals surface area contributed by atoms with Crippen LogP contribution in [0.4, 0.5) is 13.2 Å². The van der Waals surface area contributed by atoms with Crippen molar-refractivity contribution in [1.82, 2.24) is 4.57 Å². The van der Waals surface area contributed by atoms with Gasteiger partial charge in [-0.15, -0.1) is 0 Å². The zero-order valence-corrected chi connectivity index (χ0v) is 11.0. The standard InChI is InChI=1S/C11H14F3N.C2H6/c1-4-10(11(12,13)14)15-7-5-6-9(15)8(2)3;1-2/h4-8H,1-3H3;1-2H3/b10-4-;. The molecule has 17 heavy (non-hydrogen) atoms. The molecule has 0 fully saturated rings. The SMILES string of the molecule is C/C=C(\n1cccc1C(C)C)C(F)(F)F.CC.